The molecule has 1 amide bonds. The zero-order valence-corrected chi connectivity index (χ0v) is 17.6. The van der Waals surface area contributed by atoms with Crippen molar-refractivity contribution in [3.05, 3.63) is 58.1 Å². The van der Waals surface area contributed by atoms with E-state index in [1.54, 1.807) is 4.90 Å². The summed E-state index contributed by atoms with van der Waals surface area (Å²) in [5.74, 6) is 1.38. The number of amides is 1. The molecule has 4 nitrogen and oxygen atoms in total. The molecule has 2 aromatic rings. The first-order chi connectivity index (χ1) is 14.1. The van der Waals surface area contributed by atoms with Gasteiger partial charge in [-0.25, -0.2) is 4.79 Å². The highest BCUT2D eigenvalue weighted by molar-refractivity contribution is 7.99. The van der Waals surface area contributed by atoms with Gasteiger partial charge in [0.2, 0.25) is 0 Å². The number of anilines is 1. The lowest BCUT2D eigenvalue weighted by Gasteiger charge is -2.37. The van der Waals surface area contributed by atoms with E-state index in [-0.39, 0.29) is 5.92 Å². The monoisotopic (exact) mass is 426 g/mol. The summed E-state index contributed by atoms with van der Waals surface area (Å²) in [5, 5.41) is 10.3. The Hall–Kier alpha value is -2.11. The Balaban J connectivity index is 1.55. The predicted molar refractivity (Wildman–Crippen MR) is 120 cm³/mol. The topological polar surface area (TPSA) is 43.8 Å². The van der Waals surface area contributed by atoms with Crippen LogP contribution in [0.5, 0.6) is 0 Å². The fourth-order valence-corrected chi connectivity index (χ4v) is 6.18. The maximum Gasteiger partial charge on any atom is 0.407 e. The van der Waals surface area contributed by atoms with Crippen molar-refractivity contribution in [3.63, 3.8) is 0 Å². The summed E-state index contributed by atoms with van der Waals surface area (Å²) >= 11 is 8.23. The van der Waals surface area contributed by atoms with Crippen molar-refractivity contribution in [3.8, 4) is 0 Å². The molecule has 1 N–H and O–H groups in total. The number of fused-ring (bicyclic) bond motifs is 3. The van der Waals surface area contributed by atoms with Gasteiger partial charge in [-0.1, -0.05) is 42.0 Å². The van der Waals surface area contributed by atoms with Crippen LogP contribution in [0.3, 0.4) is 0 Å². The van der Waals surface area contributed by atoms with Crippen LogP contribution in [-0.4, -0.2) is 47.5 Å². The third-order valence-corrected chi connectivity index (χ3v) is 7.68. The highest BCUT2D eigenvalue weighted by Crippen LogP contribution is 2.51. The van der Waals surface area contributed by atoms with E-state index >= 15 is 0 Å². The van der Waals surface area contributed by atoms with E-state index < -0.39 is 6.09 Å². The van der Waals surface area contributed by atoms with Gasteiger partial charge in [-0.3, -0.25) is 0 Å². The van der Waals surface area contributed by atoms with Crippen LogP contribution >= 0.6 is 23.4 Å². The molecule has 1 saturated heterocycles. The third kappa shape index (κ3) is 3.40. The predicted octanol–water partition coefficient (Wildman–Crippen LogP) is 5.66. The molecule has 0 aromatic heterocycles. The Morgan fingerprint density at radius 3 is 2.90 bits per heavy atom. The van der Waals surface area contributed by atoms with E-state index in [0.717, 1.165) is 41.3 Å². The summed E-state index contributed by atoms with van der Waals surface area (Å²) in [4.78, 5) is 17.1. The van der Waals surface area contributed by atoms with Crippen LogP contribution in [0.4, 0.5) is 10.5 Å². The van der Waals surface area contributed by atoms with Crippen molar-refractivity contribution in [1.29, 1.82) is 0 Å². The summed E-state index contributed by atoms with van der Waals surface area (Å²) in [5.41, 5.74) is 4.82. The lowest BCUT2D eigenvalue weighted by Crippen LogP contribution is -2.48. The summed E-state index contributed by atoms with van der Waals surface area (Å²) in [6.45, 7) is 2.28. The molecule has 0 radical (unpaired) electrons. The van der Waals surface area contributed by atoms with Crippen molar-refractivity contribution in [2.24, 2.45) is 0 Å². The molecule has 3 heterocycles. The summed E-state index contributed by atoms with van der Waals surface area (Å²) in [6.07, 6.45) is 5.45. The Kier molecular flexibility index (Phi) is 4.96. The normalized spacial score (nSPS) is 23.1. The first kappa shape index (κ1) is 18.9. The van der Waals surface area contributed by atoms with E-state index in [9.17, 15) is 9.90 Å². The zero-order chi connectivity index (χ0) is 20.0. The number of carbonyl (C=O) groups is 1. The zero-order valence-electron chi connectivity index (χ0n) is 16.1. The second kappa shape index (κ2) is 7.62. The van der Waals surface area contributed by atoms with Crippen LogP contribution < -0.4 is 4.90 Å². The van der Waals surface area contributed by atoms with Crippen molar-refractivity contribution >= 4 is 47.3 Å². The van der Waals surface area contributed by atoms with E-state index in [1.165, 1.54) is 16.1 Å². The minimum absolute atomic E-state index is 0.251. The van der Waals surface area contributed by atoms with Crippen LogP contribution in [-0.2, 0) is 0 Å². The van der Waals surface area contributed by atoms with Gasteiger partial charge in [0.15, 0.2) is 0 Å². The van der Waals surface area contributed by atoms with E-state index in [0.29, 0.717) is 19.1 Å². The number of benzene rings is 2. The molecule has 5 rings (SSSR count). The number of carboxylic acid groups (broad SMARTS) is 1. The maximum absolute atomic E-state index is 11.6. The van der Waals surface area contributed by atoms with Crippen molar-refractivity contribution in [2.45, 2.75) is 29.7 Å². The second-order valence-electron chi connectivity index (χ2n) is 7.90. The molecule has 29 heavy (non-hydrogen) atoms. The van der Waals surface area contributed by atoms with Crippen LogP contribution in [0.1, 0.15) is 35.4 Å². The minimum Gasteiger partial charge on any atom is -0.465 e. The molecule has 0 spiro atoms. The van der Waals surface area contributed by atoms with Gasteiger partial charge < -0.3 is 14.9 Å². The van der Waals surface area contributed by atoms with Gasteiger partial charge >= 0.3 is 6.09 Å². The molecule has 6 heteroatoms. The Bertz CT molecular complexity index is 993. The number of rotatable bonds is 2. The SMILES string of the molecule is O=C(O)N1CC[C@H]2[C@@H](C1)c1cc(/C=C/c3ccccc3Cl)cc3c1N2CCCS3. The quantitative estimate of drug-likeness (QED) is 0.629. The van der Waals surface area contributed by atoms with Gasteiger partial charge in [0, 0.05) is 41.5 Å². The van der Waals surface area contributed by atoms with Gasteiger partial charge in [-0.15, -0.1) is 11.8 Å². The molecule has 2 atom stereocenters. The Morgan fingerprint density at radius 1 is 1.21 bits per heavy atom. The molecule has 3 aliphatic rings. The molecule has 0 unspecified atom stereocenters. The third-order valence-electron chi connectivity index (χ3n) is 6.22. The number of thioether (sulfide) groups is 1. The fourth-order valence-electron chi connectivity index (χ4n) is 4.90. The number of hydrogen-bond acceptors (Lipinski definition) is 3. The number of hydrogen-bond donors (Lipinski definition) is 1. The molecule has 0 bridgehead atoms. The molecule has 0 saturated carbocycles. The van der Waals surface area contributed by atoms with Gasteiger partial charge in [-0.05, 0) is 53.5 Å². The Labute approximate surface area is 180 Å². The van der Waals surface area contributed by atoms with Crippen molar-refractivity contribution < 1.29 is 9.90 Å². The molecule has 2 aromatic carbocycles. The molecular weight excluding hydrogens is 404 g/mol. The lowest BCUT2D eigenvalue weighted by atomic mass is 9.88. The van der Waals surface area contributed by atoms with Crippen LogP contribution in [0.15, 0.2) is 41.3 Å². The van der Waals surface area contributed by atoms with Crippen LogP contribution in [0.2, 0.25) is 5.02 Å². The summed E-state index contributed by atoms with van der Waals surface area (Å²) < 4.78 is 0. The molecule has 1 fully saturated rings. The average Bonchev–Trinajstić information content (AvgIpc) is 2.88. The highest BCUT2D eigenvalue weighted by atomic mass is 35.5. The summed E-state index contributed by atoms with van der Waals surface area (Å²) in [7, 11) is 0. The molecule has 3 aliphatic heterocycles. The average molecular weight is 427 g/mol. The summed E-state index contributed by atoms with van der Waals surface area (Å²) in [6, 6.07) is 12.8. The molecule has 0 aliphatic carbocycles. The van der Waals surface area contributed by atoms with Crippen molar-refractivity contribution in [1.82, 2.24) is 4.90 Å². The van der Waals surface area contributed by atoms with E-state index in [4.69, 9.17) is 11.6 Å². The lowest BCUT2D eigenvalue weighted by molar-refractivity contribution is 0.127. The van der Waals surface area contributed by atoms with E-state index in [2.05, 4.69) is 29.2 Å². The van der Waals surface area contributed by atoms with Crippen LogP contribution in [0.25, 0.3) is 12.2 Å². The molecule has 150 valence electrons. The molecular formula is C23H23ClN2O2S. The standard InChI is InChI=1S/C23H23ClN2O2S/c24-19-5-2-1-4-16(19)7-6-15-12-17-18-14-25(23(27)28)10-8-20(18)26-9-3-11-29-21(13-15)22(17)26/h1-2,4-7,12-13,18,20H,3,8-11,14H2,(H,27,28)/b7-6+/t18-,20-/m0/s1. The number of halogens is 1. The number of piperidine rings is 1. The smallest absolute Gasteiger partial charge is 0.407 e. The maximum atomic E-state index is 11.6. The Morgan fingerprint density at radius 2 is 2.07 bits per heavy atom. The van der Waals surface area contributed by atoms with E-state index in [1.807, 2.05) is 36.0 Å². The second-order valence-corrected chi connectivity index (χ2v) is 9.44. The largest absolute Gasteiger partial charge is 0.465 e. The minimum atomic E-state index is -0.806. The number of nitrogens with zero attached hydrogens (tertiary/aromatic N) is 2. The van der Waals surface area contributed by atoms with Crippen LogP contribution in [0, 0.1) is 0 Å². The first-order valence-corrected chi connectivity index (χ1v) is 11.5. The van der Waals surface area contributed by atoms with Gasteiger partial charge in [0.05, 0.1) is 5.69 Å². The number of likely N-dealkylation sites (tertiary alicyclic amines) is 1. The first-order valence-electron chi connectivity index (χ1n) is 10.1. The van der Waals surface area contributed by atoms with Gasteiger partial charge in [0.1, 0.15) is 0 Å². The van der Waals surface area contributed by atoms with Gasteiger partial charge in [-0.2, -0.15) is 0 Å². The highest BCUT2D eigenvalue weighted by Gasteiger charge is 2.44. The van der Waals surface area contributed by atoms with Gasteiger partial charge in [0.25, 0.3) is 0 Å². The fraction of sp³-hybridized carbons (Fsp3) is 0.348. The van der Waals surface area contributed by atoms with Crippen molar-refractivity contribution in [2.75, 3.05) is 30.3 Å².